The van der Waals surface area contributed by atoms with Crippen LogP contribution in [0.3, 0.4) is 0 Å². The third-order valence-electron chi connectivity index (χ3n) is 1.89. The van der Waals surface area contributed by atoms with E-state index in [1.807, 2.05) is 10.6 Å². The zero-order valence-corrected chi connectivity index (χ0v) is 9.85. The molecule has 0 fully saturated rings. The largest absolute Gasteiger partial charge is 0.474 e. The van der Waals surface area contributed by atoms with E-state index in [2.05, 4.69) is 0 Å². The van der Waals surface area contributed by atoms with E-state index in [9.17, 15) is 14.4 Å². The number of hydrogen-bond donors (Lipinski definition) is 4. The van der Waals surface area contributed by atoms with Crippen molar-refractivity contribution in [3.8, 4) is 6.07 Å². The second-order valence-corrected chi connectivity index (χ2v) is 3.56. The molecule has 19 heavy (non-hydrogen) atoms. The van der Waals surface area contributed by atoms with Crippen LogP contribution in [0, 0.1) is 11.3 Å². The molecule has 1 aromatic rings. The standard InChI is InChI=1S/C10H6ClN3O5/c11-7-5(13-8(15)9(16)17)1-4(3-12)2-6(7)14-10(18)19/h1-2,14H,(H,13,15)(H,16,17)(H,18,19). The summed E-state index contributed by atoms with van der Waals surface area (Å²) in [6, 6.07) is 3.99. The van der Waals surface area contributed by atoms with E-state index in [1.54, 1.807) is 6.07 Å². The summed E-state index contributed by atoms with van der Waals surface area (Å²) >= 11 is 5.79. The topological polar surface area (TPSA) is 140 Å². The molecule has 0 spiro atoms. The Hall–Kier alpha value is -2.79. The molecule has 0 aliphatic rings. The Labute approximate surface area is 111 Å². The smallest absolute Gasteiger partial charge is 0.409 e. The minimum absolute atomic E-state index is 0.00570. The number of nitrogens with one attached hydrogen (secondary N) is 2. The maximum absolute atomic E-state index is 11.0. The molecule has 0 aromatic heterocycles. The lowest BCUT2D eigenvalue weighted by atomic mass is 10.2. The Morgan fingerprint density at radius 1 is 1.16 bits per heavy atom. The molecule has 0 unspecified atom stereocenters. The molecule has 8 nitrogen and oxygen atoms in total. The third-order valence-corrected chi connectivity index (χ3v) is 2.29. The maximum atomic E-state index is 11.0. The number of carbonyl (C=O) groups excluding carboxylic acids is 1. The summed E-state index contributed by atoms with van der Waals surface area (Å²) in [7, 11) is 0. The number of rotatable bonds is 2. The molecular formula is C10H6ClN3O5. The van der Waals surface area contributed by atoms with Crippen LogP contribution in [-0.4, -0.2) is 28.2 Å². The summed E-state index contributed by atoms with van der Waals surface area (Å²) in [6.07, 6.45) is -1.42. The van der Waals surface area contributed by atoms with Crippen molar-refractivity contribution < 1.29 is 24.6 Å². The summed E-state index contributed by atoms with van der Waals surface area (Å²) < 4.78 is 0. The number of carboxylic acid groups (broad SMARTS) is 2. The first-order valence-electron chi connectivity index (χ1n) is 4.63. The monoisotopic (exact) mass is 283 g/mol. The minimum Gasteiger partial charge on any atom is -0.474 e. The number of carboxylic acids is 1. The Morgan fingerprint density at radius 3 is 2.11 bits per heavy atom. The zero-order chi connectivity index (χ0) is 14.6. The van der Waals surface area contributed by atoms with Crippen LogP contribution < -0.4 is 10.6 Å². The number of amides is 2. The van der Waals surface area contributed by atoms with Gasteiger partial charge in [0.25, 0.3) is 0 Å². The Kier molecular flexibility index (Phi) is 4.28. The molecule has 0 saturated heterocycles. The van der Waals surface area contributed by atoms with E-state index in [1.165, 1.54) is 0 Å². The third kappa shape index (κ3) is 3.58. The van der Waals surface area contributed by atoms with E-state index in [4.69, 9.17) is 27.1 Å². The molecule has 0 aliphatic heterocycles. The summed E-state index contributed by atoms with van der Waals surface area (Å²) in [5, 5.41) is 29.4. The molecular weight excluding hydrogens is 278 g/mol. The number of anilines is 2. The first-order valence-corrected chi connectivity index (χ1v) is 5.00. The van der Waals surface area contributed by atoms with Gasteiger partial charge in [-0.1, -0.05) is 11.6 Å². The fourth-order valence-electron chi connectivity index (χ4n) is 1.16. The normalized spacial score (nSPS) is 9.26. The van der Waals surface area contributed by atoms with Gasteiger partial charge in [0.15, 0.2) is 0 Å². The van der Waals surface area contributed by atoms with E-state index < -0.39 is 18.0 Å². The van der Waals surface area contributed by atoms with Gasteiger partial charge < -0.3 is 15.5 Å². The summed E-state index contributed by atoms with van der Waals surface area (Å²) in [4.78, 5) is 31.9. The molecule has 0 atom stereocenters. The number of hydrogen-bond acceptors (Lipinski definition) is 4. The Morgan fingerprint density at radius 2 is 1.68 bits per heavy atom. The lowest BCUT2D eigenvalue weighted by molar-refractivity contribution is -0.147. The average Bonchev–Trinajstić information content (AvgIpc) is 2.33. The van der Waals surface area contributed by atoms with Gasteiger partial charge in [-0.15, -0.1) is 0 Å². The van der Waals surface area contributed by atoms with Gasteiger partial charge in [0.05, 0.1) is 28.0 Å². The number of benzene rings is 1. The van der Waals surface area contributed by atoms with Gasteiger partial charge in [-0.3, -0.25) is 10.1 Å². The molecule has 1 rings (SSSR count). The molecule has 0 saturated carbocycles. The fourth-order valence-corrected chi connectivity index (χ4v) is 1.37. The van der Waals surface area contributed by atoms with Crippen LogP contribution >= 0.6 is 11.6 Å². The molecule has 0 radical (unpaired) electrons. The van der Waals surface area contributed by atoms with Crippen molar-refractivity contribution in [1.82, 2.24) is 0 Å². The average molecular weight is 284 g/mol. The Balaban J connectivity index is 3.23. The highest BCUT2D eigenvalue weighted by Gasteiger charge is 2.17. The van der Waals surface area contributed by atoms with Crippen LogP contribution in [-0.2, 0) is 9.59 Å². The first kappa shape index (κ1) is 14.3. The predicted octanol–water partition coefficient (Wildman–Crippen LogP) is 1.32. The van der Waals surface area contributed by atoms with Crippen molar-refractivity contribution in [2.75, 3.05) is 10.6 Å². The van der Waals surface area contributed by atoms with Crippen LogP contribution in [0.2, 0.25) is 5.02 Å². The van der Waals surface area contributed by atoms with Gasteiger partial charge in [-0.25, -0.2) is 9.59 Å². The molecule has 98 valence electrons. The van der Waals surface area contributed by atoms with Crippen molar-refractivity contribution in [1.29, 1.82) is 5.26 Å². The highest BCUT2D eigenvalue weighted by molar-refractivity contribution is 6.40. The van der Waals surface area contributed by atoms with Gasteiger partial charge >= 0.3 is 18.0 Å². The summed E-state index contributed by atoms with van der Waals surface area (Å²) in [5.41, 5.74) is -0.334. The predicted molar refractivity (Wildman–Crippen MR) is 64.1 cm³/mol. The van der Waals surface area contributed by atoms with Crippen LogP contribution in [0.5, 0.6) is 0 Å². The van der Waals surface area contributed by atoms with Gasteiger partial charge in [0.2, 0.25) is 0 Å². The molecule has 9 heteroatoms. The first-order chi connectivity index (χ1) is 8.85. The molecule has 0 aliphatic carbocycles. The molecule has 4 N–H and O–H groups in total. The van der Waals surface area contributed by atoms with Gasteiger partial charge in [0, 0.05) is 0 Å². The van der Waals surface area contributed by atoms with Crippen molar-refractivity contribution in [2.45, 2.75) is 0 Å². The lowest BCUT2D eigenvalue weighted by Crippen LogP contribution is -2.22. The van der Waals surface area contributed by atoms with E-state index in [-0.39, 0.29) is 22.0 Å². The van der Waals surface area contributed by atoms with E-state index in [0.717, 1.165) is 12.1 Å². The van der Waals surface area contributed by atoms with Crippen LogP contribution in [0.15, 0.2) is 12.1 Å². The van der Waals surface area contributed by atoms with Crippen molar-refractivity contribution >= 4 is 40.9 Å². The fraction of sp³-hybridized carbons (Fsp3) is 0. The van der Waals surface area contributed by atoms with Gasteiger partial charge in [-0.2, -0.15) is 5.26 Å². The van der Waals surface area contributed by atoms with E-state index >= 15 is 0 Å². The second kappa shape index (κ2) is 5.70. The van der Waals surface area contributed by atoms with Gasteiger partial charge in [0.1, 0.15) is 0 Å². The summed E-state index contributed by atoms with van der Waals surface area (Å²) in [5.74, 6) is -3.11. The van der Waals surface area contributed by atoms with Crippen LogP contribution in [0.4, 0.5) is 16.2 Å². The molecule has 2 amide bonds. The van der Waals surface area contributed by atoms with Gasteiger partial charge in [-0.05, 0) is 12.1 Å². The number of nitrogens with zero attached hydrogens (tertiary/aromatic N) is 1. The summed E-state index contributed by atoms with van der Waals surface area (Å²) in [6.45, 7) is 0. The van der Waals surface area contributed by atoms with Crippen LogP contribution in [0.25, 0.3) is 0 Å². The number of halogens is 1. The van der Waals surface area contributed by atoms with Crippen molar-refractivity contribution in [2.24, 2.45) is 0 Å². The Bertz CT molecular complexity index is 608. The molecule has 1 aromatic carbocycles. The van der Waals surface area contributed by atoms with Crippen molar-refractivity contribution in [3.05, 3.63) is 22.7 Å². The zero-order valence-electron chi connectivity index (χ0n) is 9.10. The van der Waals surface area contributed by atoms with Crippen molar-refractivity contribution in [3.63, 3.8) is 0 Å². The lowest BCUT2D eigenvalue weighted by Gasteiger charge is -2.10. The minimum atomic E-state index is -1.74. The number of carbonyl (C=O) groups is 3. The SMILES string of the molecule is N#Cc1cc(NC(=O)O)c(Cl)c(NC(=O)C(=O)O)c1. The molecule has 0 bridgehead atoms. The van der Waals surface area contributed by atoms with E-state index in [0.29, 0.717) is 0 Å². The molecule has 0 heterocycles. The highest BCUT2D eigenvalue weighted by atomic mass is 35.5. The second-order valence-electron chi connectivity index (χ2n) is 3.19. The number of aliphatic carboxylic acids is 1. The maximum Gasteiger partial charge on any atom is 0.409 e. The van der Waals surface area contributed by atoms with Crippen LogP contribution in [0.1, 0.15) is 5.56 Å². The number of nitriles is 1. The highest BCUT2D eigenvalue weighted by Crippen LogP contribution is 2.31. The quantitative estimate of drug-likeness (QED) is 0.604.